The van der Waals surface area contributed by atoms with Crippen LogP contribution in [-0.2, 0) is 6.54 Å². The lowest BCUT2D eigenvalue weighted by Crippen LogP contribution is -2.16. The van der Waals surface area contributed by atoms with E-state index in [1.54, 1.807) is 0 Å². The maximum Gasteiger partial charge on any atom is 0.0555 e. The summed E-state index contributed by atoms with van der Waals surface area (Å²) in [4.78, 5) is 2.26. The molecule has 0 fully saturated rings. The predicted octanol–water partition coefficient (Wildman–Crippen LogP) is 1.45. The zero-order valence-electron chi connectivity index (χ0n) is 9.46. The zero-order valence-corrected chi connectivity index (χ0v) is 9.46. The number of nitrogens with zero attached hydrogens (tertiary/aromatic N) is 1. The van der Waals surface area contributed by atoms with Crippen molar-refractivity contribution in [1.82, 2.24) is 4.90 Å². The first-order valence-corrected chi connectivity index (χ1v) is 5.22. The fourth-order valence-corrected chi connectivity index (χ4v) is 1.32. The highest BCUT2D eigenvalue weighted by Gasteiger charge is 1.97. The predicted molar refractivity (Wildman–Crippen MR) is 64.4 cm³/mol. The number of hydrogen-bond donors (Lipinski definition) is 1. The molecule has 2 heteroatoms. The van der Waals surface area contributed by atoms with E-state index in [9.17, 15) is 0 Å². The summed E-state index contributed by atoms with van der Waals surface area (Å²) in [5.74, 6) is 5.91. The normalized spacial score (nSPS) is 9.87. The fourth-order valence-electron chi connectivity index (χ4n) is 1.32. The molecule has 0 aliphatic rings. The third kappa shape index (κ3) is 4.16. The van der Waals surface area contributed by atoms with Crippen molar-refractivity contribution in [3.8, 4) is 11.8 Å². The molecule has 0 aliphatic heterocycles. The van der Waals surface area contributed by atoms with Gasteiger partial charge in [0.05, 0.1) is 6.54 Å². The van der Waals surface area contributed by atoms with Gasteiger partial charge in [-0.1, -0.05) is 30.9 Å². The lowest BCUT2D eigenvalue weighted by molar-refractivity contribution is 0.346. The Bertz CT molecular complexity index is 360. The van der Waals surface area contributed by atoms with Gasteiger partial charge in [0, 0.05) is 12.1 Å². The molecule has 80 valence electrons. The van der Waals surface area contributed by atoms with Crippen LogP contribution in [0, 0.1) is 11.8 Å². The van der Waals surface area contributed by atoms with Gasteiger partial charge in [0.2, 0.25) is 0 Å². The Labute approximate surface area is 92.1 Å². The lowest BCUT2D eigenvalue weighted by Gasteiger charge is -2.13. The Hall–Kier alpha value is -1.30. The van der Waals surface area contributed by atoms with Gasteiger partial charge in [0.25, 0.3) is 0 Å². The molecule has 0 aliphatic carbocycles. The minimum Gasteiger partial charge on any atom is -0.320 e. The third-order valence-electron chi connectivity index (χ3n) is 2.25. The second kappa shape index (κ2) is 6.23. The summed E-state index contributed by atoms with van der Waals surface area (Å²) >= 11 is 0. The number of nitrogens with two attached hydrogens (primary N) is 1. The highest BCUT2D eigenvalue weighted by molar-refractivity contribution is 5.37. The first-order chi connectivity index (χ1) is 7.26. The largest absolute Gasteiger partial charge is 0.320 e. The topological polar surface area (TPSA) is 29.3 Å². The molecule has 2 N–H and O–H groups in total. The Morgan fingerprint density at radius 2 is 2.20 bits per heavy atom. The van der Waals surface area contributed by atoms with Crippen molar-refractivity contribution in [2.24, 2.45) is 5.73 Å². The SMILES string of the molecule is CCN(C)Cc1cccc(C#CCN)c1. The van der Waals surface area contributed by atoms with Gasteiger partial charge in [-0.05, 0) is 31.3 Å². The zero-order chi connectivity index (χ0) is 11.1. The van der Waals surface area contributed by atoms with Gasteiger partial charge in [-0.15, -0.1) is 0 Å². The van der Waals surface area contributed by atoms with E-state index in [0.29, 0.717) is 6.54 Å². The average molecular weight is 202 g/mol. The molecule has 1 rings (SSSR count). The molecular weight excluding hydrogens is 184 g/mol. The highest BCUT2D eigenvalue weighted by Crippen LogP contribution is 2.06. The molecule has 0 bridgehead atoms. The first-order valence-electron chi connectivity index (χ1n) is 5.22. The lowest BCUT2D eigenvalue weighted by atomic mass is 10.1. The number of rotatable bonds is 3. The molecule has 0 amide bonds. The maximum atomic E-state index is 5.33. The summed E-state index contributed by atoms with van der Waals surface area (Å²) < 4.78 is 0. The molecule has 2 nitrogen and oxygen atoms in total. The Morgan fingerprint density at radius 1 is 1.40 bits per heavy atom. The van der Waals surface area contributed by atoms with E-state index in [4.69, 9.17) is 5.73 Å². The molecule has 1 aromatic carbocycles. The standard InChI is InChI=1S/C13H18N2/c1-3-15(2)11-13-7-4-6-12(10-13)8-5-9-14/h4,6-7,10H,3,9,11,14H2,1-2H3. The average Bonchev–Trinajstić information content (AvgIpc) is 2.26. The van der Waals surface area contributed by atoms with E-state index >= 15 is 0 Å². The minimum absolute atomic E-state index is 0.416. The second-order valence-corrected chi connectivity index (χ2v) is 3.54. The minimum atomic E-state index is 0.416. The molecule has 0 atom stereocenters. The van der Waals surface area contributed by atoms with Crippen LogP contribution in [0.3, 0.4) is 0 Å². The van der Waals surface area contributed by atoms with Crippen LogP contribution >= 0.6 is 0 Å². The summed E-state index contributed by atoms with van der Waals surface area (Å²) in [5.41, 5.74) is 7.67. The van der Waals surface area contributed by atoms with Crippen molar-refractivity contribution in [3.05, 3.63) is 35.4 Å². The van der Waals surface area contributed by atoms with Gasteiger partial charge in [-0.3, -0.25) is 0 Å². The van der Waals surface area contributed by atoms with E-state index in [2.05, 4.69) is 42.8 Å². The van der Waals surface area contributed by atoms with Crippen molar-refractivity contribution in [2.45, 2.75) is 13.5 Å². The van der Waals surface area contributed by atoms with Crippen LogP contribution in [0.5, 0.6) is 0 Å². The van der Waals surface area contributed by atoms with Gasteiger partial charge in [-0.2, -0.15) is 0 Å². The molecule has 0 radical (unpaired) electrons. The Balaban J connectivity index is 2.74. The van der Waals surface area contributed by atoms with Crippen LogP contribution in [0.25, 0.3) is 0 Å². The van der Waals surface area contributed by atoms with Crippen molar-refractivity contribution >= 4 is 0 Å². The van der Waals surface area contributed by atoms with Crippen molar-refractivity contribution < 1.29 is 0 Å². The quantitative estimate of drug-likeness (QED) is 0.752. The van der Waals surface area contributed by atoms with Crippen LogP contribution in [0.4, 0.5) is 0 Å². The molecule has 0 saturated heterocycles. The monoisotopic (exact) mass is 202 g/mol. The molecule has 1 aromatic rings. The second-order valence-electron chi connectivity index (χ2n) is 3.54. The number of benzene rings is 1. The van der Waals surface area contributed by atoms with Crippen molar-refractivity contribution in [1.29, 1.82) is 0 Å². The summed E-state index contributed by atoms with van der Waals surface area (Å²) in [5, 5.41) is 0. The van der Waals surface area contributed by atoms with E-state index in [1.165, 1.54) is 5.56 Å². The van der Waals surface area contributed by atoms with Gasteiger partial charge in [-0.25, -0.2) is 0 Å². The molecule has 0 aromatic heterocycles. The molecule has 0 saturated carbocycles. The summed E-state index contributed by atoms with van der Waals surface area (Å²) in [6.07, 6.45) is 0. The number of hydrogen-bond acceptors (Lipinski definition) is 2. The van der Waals surface area contributed by atoms with Crippen LogP contribution in [0.2, 0.25) is 0 Å². The molecule has 0 heterocycles. The summed E-state index contributed by atoms with van der Waals surface area (Å²) in [6.45, 7) is 4.59. The Kier molecular flexibility index (Phi) is 4.89. The van der Waals surface area contributed by atoms with Gasteiger partial charge in [0.1, 0.15) is 0 Å². The fraction of sp³-hybridized carbons (Fsp3) is 0.385. The van der Waals surface area contributed by atoms with Gasteiger partial charge in [0.15, 0.2) is 0 Å². The van der Waals surface area contributed by atoms with Gasteiger partial charge >= 0.3 is 0 Å². The third-order valence-corrected chi connectivity index (χ3v) is 2.25. The van der Waals surface area contributed by atoms with Crippen LogP contribution in [0.1, 0.15) is 18.1 Å². The Morgan fingerprint density at radius 3 is 2.87 bits per heavy atom. The van der Waals surface area contributed by atoms with E-state index in [1.807, 2.05) is 12.1 Å². The van der Waals surface area contributed by atoms with E-state index in [-0.39, 0.29) is 0 Å². The van der Waals surface area contributed by atoms with E-state index < -0.39 is 0 Å². The van der Waals surface area contributed by atoms with Crippen molar-refractivity contribution in [3.63, 3.8) is 0 Å². The van der Waals surface area contributed by atoms with Crippen LogP contribution < -0.4 is 5.73 Å². The van der Waals surface area contributed by atoms with E-state index in [0.717, 1.165) is 18.7 Å². The summed E-state index contributed by atoms with van der Waals surface area (Å²) in [6, 6.07) is 8.30. The smallest absolute Gasteiger partial charge is 0.0555 e. The van der Waals surface area contributed by atoms with Crippen molar-refractivity contribution in [2.75, 3.05) is 20.1 Å². The molecule has 0 spiro atoms. The van der Waals surface area contributed by atoms with Crippen LogP contribution in [-0.4, -0.2) is 25.0 Å². The summed E-state index contributed by atoms with van der Waals surface area (Å²) in [7, 11) is 2.11. The maximum absolute atomic E-state index is 5.33. The molecular formula is C13H18N2. The first kappa shape index (κ1) is 11.8. The van der Waals surface area contributed by atoms with Gasteiger partial charge < -0.3 is 10.6 Å². The molecule has 0 unspecified atom stereocenters. The highest BCUT2D eigenvalue weighted by atomic mass is 15.1. The molecule has 15 heavy (non-hydrogen) atoms. The van der Waals surface area contributed by atoms with Crippen LogP contribution in [0.15, 0.2) is 24.3 Å².